The molecule has 0 aromatic heterocycles. The Kier molecular flexibility index (Phi) is 4.39. The van der Waals surface area contributed by atoms with Gasteiger partial charge in [0.1, 0.15) is 18.2 Å². The summed E-state index contributed by atoms with van der Waals surface area (Å²) in [5.74, 6) is 0.189. The molecule has 0 saturated carbocycles. The molecule has 0 atom stereocenters. The number of rotatable bonds is 3. The number of benzene rings is 2. The van der Waals surface area contributed by atoms with Gasteiger partial charge in [0.25, 0.3) is 0 Å². The van der Waals surface area contributed by atoms with Crippen molar-refractivity contribution in [3.8, 4) is 5.75 Å². The van der Waals surface area contributed by atoms with Gasteiger partial charge in [-0.15, -0.1) is 0 Å². The average Bonchev–Trinajstić information content (AvgIpc) is 2.55. The third kappa shape index (κ3) is 3.56. The van der Waals surface area contributed by atoms with Gasteiger partial charge in [-0.1, -0.05) is 23.7 Å². The van der Waals surface area contributed by atoms with Gasteiger partial charge in [-0.05, 0) is 47.4 Å². The summed E-state index contributed by atoms with van der Waals surface area (Å²) in [6.07, 6.45) is -0.210. The Morgan fingerprint density at radius 3 is 2.83 bits per heavy atom. The Hall–Kier alpha value is -2.27. The predicted molar refractivity (Wildman–Crippen MR) is 84.3 cm³/mol. The first-order valence-corrected chi connectivity index (χ1v) is 7.57. The summed E-state index contributed by atoms with van der Waals surface area (Å²) in [4.78, 5) is 12.5. The maximum absolute atomic E-state index is 13.1. The minimum Gasteiger partial charge on any atom is -0.489 e. The number of hydrogen-bond donors (Lipinski definition) is 1. The summed E-state index contributed by atoms with van der Waals surface area (Å²) >= 11 is 5.74. The summed E-state index contributed by atoms with van der Waals surface area (Å²) < 4.78 is 18.8. The lowest BCUT2D eigenvalue weighted by Crippen LogP contribution is -2.34. The largest absolute Gasteiger partial charge is 0.489 e. The van der Waals surface area contributed by atoms with Crippen LogP contribution in [0.15, 0.2) is 36.4 Å². The number of nitrogens with zero attached hydrogens (tertiary/aromatic N) is 1. The highest BCUT2D eigenvalue weighted by Gasteiger charge is 2.20. The molecule has 0 spiro atoms. The lowest BCUT2D eigenvalue weighted by molar-refractivity contribution is 0.140. The van der Waals surface area contributed by atoms with Crippen molar-refractivity contribution < 1.29 is 19.0 Å². The molecule has 0 fully saturated rings. The van der Waals surface area contributed by atoms with Crippen LogP contribution >= 0.6 is 11.6 Å². The maximum atomic E-state index is 13.1. The fourth-order valence-corrected chi connectivity index (χ4v) is 2.79. The van der Waals surface area contributed by atoms with Crippen LogP contribution < -0.4 is 4.74 Å². The van der Waals surface area contributed by atoms with Crippen molar-refractivity contribution in [2.75, 3.05) is 6.54 Å². The number of hydrogen-bond acceptors (Lipinski definition) is 2. The number of carboxylic acid groups (broad SMARTS) is 1. The third-order valence-corrected chi connectivity index (χ3v) is 4.14. The van der Waals surface area contributed by atoms with Gasteiger partial charge < -0.3 is 14.7 Å². The molecule has 0 unspecified atom stereocenters. The van der Waals surface area contributed by atoms with E-state index in [1.807, 2.05) is 18.2 Å². The van der Waals surface area contributed by atoms with E-state index >= 15 is 0 Å². The lowest BCUT2D eigenvalue weighted by Gasteiger charge is -2.26. The average molecular weight is 336 g/mol. The zero-order chi connectivity index (χ0) is 16.4. The van der Waals surface area contributed by atoms with E-state index in [-0.39, 0.29) is 11.6 Å². The van der Waals surface area contributed by atoms with Crippen molar-refractivity contribution in [3.63, 3.8) is 0 Å². The first-order valence-electron chi connectivity index (χ1n) is 7.19. The van der Waals surface area contributed by atoms with Crippen LogP contribution in [0.4, 0.5) is 9.18 Å². The summed E-state index contributed by atoms with van der Waals surface area (Å²) in [6.45, 7) is 1.14. The van der Waals surface area contributed by atoms with Crippen LogP contribution in [0.3, 0.4) is 0 Å². The van der Waals surface area contributed by atoms with Crippen molar-refractivity contribution in [2.24, 2.45) is 0 Å². The molecule has 1 aliphatic heterocycles. The molecule has 23 heavy (non-hydrogen) atoms. The van der Waals surface area contributed by atoms with Gasteiger partial charge in [-0.3, -0.25) is 0 Å². The van der Waals surface area contributed by atoms with Gasteiger partial charge in [0.2, 0.25) is 0 Å². The van der Waals surface area contributed by atoms with Crippen molar-refractivity contribution >= 4 is 17.7 Å². The van der Waals surface area contributed by atoms with Crippen molar-refractivity contribution in [1.82, 2.24) is 4.90 Å². The summed E-state index contributed by atoms with van der Waals surface area (Å²) in [5, 5.41) is 9.15. The van der Waals surface area contributed by atoms with Gasteiger partial charge in [0.05, 0.1) is 5.02 Å². The maximum Gasteiger partial charge on any atom is 0.407 e. The molecule has 0 aliphatic carbocycles. The molecular weight excluding hydrogens is 321 g/mol. The number of fused-ring (bicyclic) bond motifs is 1. The van der Waals surface area contributed by atoms with E-state index in [0.717, 1.165) is 16.7 Å². The van der Waals surface area contributed by atoms with Gasteiger partial charge >= 0.3 is 6.09 Å². The number of amides is 1. The summed E-state index contributed by atoms with van der Waals surface area (Å²) in [6, 6.07) is 10.1. The van der Waals surface area contributed by atoms with Crippen LogP contribution in [-0.4, -0.2) is 22.6 Å². The van der Waals surface area contributed by atoms with Crippen molar-refractivity contribution in [1.29, 1.82) is 0 Å². The molecule has 120 valence electrons. The van der Waals surface area contributed by atoms with Crippen LogP contribution in [-0.2, 0) is 19.6 Å². The summed E-state index contributed by atoms with van der Waals surface area (Å²) in [5.41, 5.74) is 2.86. The SMILES string of the molecule is O=C(O)N1CCc2ccc(OCc3ccc(F)c(Cl)c3)cc2C1. The molecule has 0 bridgehead atoms. The molecule has 6 heteroatoms. The van der Waals surface area contributed by atoms with Crippen LogP contribution in [0.2, 0.25) is 5.02 Å². The smallest absolute Gasteiger partial charge is 0.407 e. The van der Waals surface area contributed by atoms with Crippen molar-refractivity contribution in [3.05, 3.63) is 63.9 Å². The quantitative estimate of drug-likeness (QED) is 0.919. The van der Waals surface area contributed by atoms with E-state index in [1.165, 1.54) is 17.0 Å². The molecule has 1 aliphatic rings. The highest BCUT2D eigenvalue weighted by atomic mass is 35.5. The monoisotopic (exact) mass is 335 g/mol. The third-order valence-electron chi connectivity index (χ3n) is 3.85. The second-order valence-electron chi connectivity index (χ2n) is 5.42. The molecule has 2 aromatic carbocycles. The van der Waals surface area contributed by atoms with Crippen LogP contribution in [0.5, 0.6) is 5.75 Å². The minimum absolute atomic E-state index is 0.0636. The molecular formula is C17H15ClFNO3. The van der Waals surface area contributed by atoms with Crippen LogP contribution in [0.1, 0.15) is 16.7 Å². The Morgan fingerprint density at radius 1 is 1.26 bits per heavy atom. The zero-order valence-electron chi connectivity index (χ0n) is 12.3. The zero-order valence-corrected chi connectivity index (χ0v) is 13.0. The Morgan fingerprint density at radius 2 is 2.09 bits per heavy atom. The van der Waals surface area contributed by atoms with E-state index in [2.05, 4.69) is 0 Å². The second kappa shape index (κ2) is 6.46. The highest BCUT2D eigenvalue weighted by Crippen LogP contribution is 2.25. The Bertz CT molecular complexity index is 751. The van der Waals surface area contributed by atoms with Gasteiger partial charge in [0, 0.05) is 13.1 Å². The topological polar surface area (TPSA) is 49.8 Å². The fraction of sp³-hybridized carbons (Fsp3) is 0.235. The van der Waals surface area contributed by atoms with Gasteiger partial charge in [-0.2, -0.15) is 0 Å². The molecule has 1 amide bonds. The van der Waals surface area contributed by atoms with Crippen molar-refractivity contribution in [2.45, 2.75) is 19.6 Å². The molecule has 4 nitrogen and oxygen atoms in total. The fourth-order valence-electron chi connectivity index (χ4n) is 2.58. The highest BCUT2D eigenvalue weighted by molar-refractivity contribution is 6.30. The van der Waals surface area contributed by atoms with Gasteiger partial charge in [-0.25, -0.2) is 9.18 Å². The van der Waals surface area contributed by atoms with E-state index in [0.29, 0.717) is 25.3 Å². The number of carbonyl (C=O) groups is 1. The lowest BCUT2D eigenvalue weighted by atomic mass is 10.00. The van der Waals surface area contributed by atoms with Gasteiger partial charge in [0.15, 0.2) is 0 Å². The Labute approximate surface area is 138 Å². The molecule has 1 heterocycles. The first-order chi connectivity index (χ1) is 11.0. The predicted octanol–water partition coefficient (Wildman–Crippen LogP) is 4.09. The van der Waals surface area contributed by atoms with E-state index in [4.69, 9.17) is 21.4 Å². The Balaban J connectivity index is 1.70. The van der Waals surface area contributed by atoms with Crippen LogP contribution in [0, 0.1) is 5.82 Å². The molecule has 0 radical (unpaired) electrons. The summed E-state index contributed by atoms with van der Waals surface area (Å²) in [7, 11) is 0. The minimum atomic E-state index is -0.914. The number of ether oxygens (including phenoxy) is 1. The molecule has 0 saturated heterocycles. The van der Waals surface area contributed by atoms with E-state index in [1.54, 1.807) is 6.07 Å². The normalized spacial score (nSPS) is 13.6. The first kappa shape index (κ1) is 15.6. The van der Waals surface area contributed by atoms with E-state index in [9.17, 15) is 9.18 Å². The van der Waals surface area contributed by atoms with E-state index < -0.39 is 11.9 Å². The molecule has 1 N–H and O–H groups in total. The molecule has 3 rings (SSSR count). The van der Waals surface area contributed by atoms with Crippen LogP contribution in [0.25, 0.3) is 0 Å². The second-order valence-corrected chi connectivity index (χ2v) is 5.83. The number of halogens is 2. The standard InChI is InChI=1S/C17H15ClFNO3/c18-15-7-11(1-4-16(15)19)10-23-14-3-2-12-5-6-20(17(21)22)9-13(12)8-14/h1-4,7-8H,5-6,9-10H2,(H,21,22). The molecule has 2 aromatic rings.